The number of ether oxygens (including phenoxy) is 1. The van der Waals surface area contributed by atoms with Gasteiger partial charge in [-0.25, -0.2) is 19.9 Å². The summed E-state index contributed by atoms with van der Waals surface area (Å²) >= 11 is 0. The second-order valence-corrected chi connectivity index (χ2v) is 9.46. The Morgan fingerprint density at radius 3 is 2.23 bits per heavy atom. The molecule has 0 amide bonds. The number of nitrogens with zero attached hydrogens (tertiary/aromatic N) is 4. The van der Waals surface area contributed by atoms with Crippen molar-refractivity contribution in [2.45, 2.75) is 70.5 Å². The average molecular weight is 426 g/mol. The van der Waals surface area contributed by atoms with Gasteiger partial charge >= 0.3 is 0 Å². The minimum absolute atomic E-state index is 0.392. The largest absolute Gasteiger partial charge is 0.383 e. The standard InChI is InChI=1S/C23H35N7O/c1-16(12-31-3)29-17-4-6-18(7-5-17)30-22-11-20(26-15-28-22)19-10-21(27-14-25-19)24-13-23(2)8-9-23/h10-11,14-18,29H,4-9,12-13H2,1-3H3,(H,24,25,27)(H,26,28,30). The molecule has 2 aromatic heterocycles. The summed E-state index contributed by atoms with van der Waals surface area (Å²) in [5, 5.41) is 10.7. The molecule has 2 heterocycles. The molecule has 2 fully saturated rings. The Morgan fingerprint density at radius 2 is 1.58 bits per heavy atom. The molecule has 2 aliphatic rings. The predicted molar refractivity (Wildman–Crippen MR) is 123 cm³/mol. The van der Waals surface area contributed by atoms with Gasteiger partial charge in [0, 0.05) is 43.9 Å². The summed E-state index contributed by atoms with van der Waals surface area (Å²) < 4.78 is 5.23. The van der Waals surface area contributed by atoms with Crippen LogP contribution in [0.25, 0.3) is 11.4 Å². The SMILES string of the molecule is COCC(C)NC1CCC(Nc2cc(-c3cc(NCC4(C)CC4)ncn3)ncn2)CC1. The normalized spacial score (nSPS) is 23.2. The number of methoxy groups -OCH3 is 1. The molecule has 0 radical (unpaired) electrons. The first-order chi connectivity index (χ1) is 15.0. The molecule has 1 atom stereocenters. The van der Waals surface area contributed by atoms with Crippen molar-refractivity contribution >= 4 is 11.6 Å². The monoisotopic (exact) mass is 425 g/mol. The Balaban J connectivity index is 1.32. The third kappa shape index (κ3) is 6.33. The summed E-state index contributed by atoms with van der Waals surface area (Å²) in [6, 6.07) is 5.34. The summed E-state index contributed by atoms with van der Waals surface area (Å²) in [4.78, 5) is 17.7. The van der Waals surface area contributed by atoms with Crippen molar-refractivity contribution in [3.8, 4) is 11.4 Å². The summed E-state index contributed by atoms with van der Waals surface area (Å²) in [7, 11) is 1.75. The molecule has 8 nitrogen and oxygen atoms in total. The van der Waals surface area contributed by atoms with Crippen LogP contribution >= 0.6 is 0 Å². The van der Waals surface area contributed by atoms with Crippen LogP contribution in [-0.2, 0) is 4.74 Å². The third-order valence-corrected chi connectivity index (χ3v) is 6.41. The summed E-state index contributed by atoms with van der Waals surface area (Å²) in [5.41, 5.74) is 2.04. The predicted octanol–water partition coefficient (Wildman–Crippen LogP) is 3.49. The van der Waals surface area contributed by atoms with Gasteiger partial charge in [-0.1, -0.05) is 6.92 Å². The van der Waals surface area contributed by atoms with Crippen molar-refractivity contribution in [3.63, 3.8) is 0 Å². The maximum atomic E-state index is 5.23. The summed E-state index contributed by atoms with van der Waals surface area (Å²) in [6.45, 7) is 6.17. The van der Waals surface area contributed by atoms with Gasteiger partial charge in [0.25, 0.3) is 0 Å². The van der Waals surface area contributed by atoms with E-state index in [9.17, 15) is 0 Å². The molecule has 2 aromatic rings. The molecule has 4 rings (SSSR count). The number of rotatable bonds is 10. The van der Waals surface area contributed by atoms with Crippen LogP contribution in [0.3, 0.4) is 0 Å². The van der Waals surface area contributed by atoms with E-state index in [-0.39, 0.29) is 0 Å². The van der Waals surface area contributed by atoms with Gasteiger partial charge in [-0.15, -0.1) is 0 Å². The fraction of sp³-hybridized carbons (Fsp3) is 0.652. The maximum absolute atomic E-state index is 5.23. The lowest BCUT2D eigenvalue weighted by Crippen LogP contribution is -2.42. The van der Waals surface area contributed by atoms with E-state index in [0.717, 1.165) is 61.9 Å². The minimum Gasteiger partial charge on any atom is -0.383 e. The maximum Gasteiger partial charge on any atom is 0.130 e. The average Bonchev–Trinajstić information content (AvgIpc) is 3.52. The molecule has 0 bridgehead atoms. The van der Waals surface area contributed by atoms with E-state index >= 15 is 0 Å². The van der Waals surface area contributed by atoms with Crippen LogP contribution in [0.15, 0.2) is 24.8 Å². The van der Waals surface area contributed by atoms with Crippen LogP contribution in [-0.4, -0.2) is 58.3 Å². The van der Waals surface area contributed by atoms with E-state index < -0.39 is 0 Å². The molecule has 0 aromatic carbocycles. The van der Waals surface area contributed by atoms with Crippen molar-refractivity contribution in [2.75, 3.05) is 30.9 Å². The summed E-state index contributed by atoms with van der Waals surface area (Å²) in [6.07, 6.45) is 10.3. The van der Waals surface area contributed by atoms with Gasteiger partial charge in [0.2, 0.25) is 0 Å². The van der Waals surface area contributed by atoms with Crippen molar-refractivity contribution in [1.82, 2.24) is 25.3 Å². The second kappa shape index (κ2) is 9.87. The molecule has 31 heavy (non-hydrogen) atoms. The molecule has 0 aliphatic heterocycles. The van der Waals surface area contributed by atoms with Gasteiger partial charge in [0.1, 0.15) is 24.3 Å². The smallest absolute Gasteiger partial charge is 0.130 e. The number of hydrogen-bond acceptors (Lipinski definition) is 8. The number of nitrogens with one attached hydrogen (secondary N) is 3. The van der Waals surface area contributed by atoms with E-state index in [1.165, 1.54) is 12.8 Å². The number of anilines is 2. The van der Waals surface area contributed by atoms with Crippen LogP contribution in [0, 0.1) is 5.41 Å². The molecule has 2 saturated carbocycles. The highest BCUT2D eigenvalue weighted by Gasteiger charge is 2.36. The zero-order chi connectivity index (χ0) is 21.7. The molecule has 168 valence electrons. The molecule has 2 aliphatic carbocycles. The highest BCUT2D eigenvalue weighted by atomic mass is 16.5. The second-order valence-electron chi connectivity index (χ2n) is 9.46. The quantitative estimate of drug-likeness (QED) is 0.532. The number of aromatic nitrogens is 4. The highest BCUT2D eigenvalue weighted by Crippen LogP contribution is 2.44. The van der Waals surface area contributed by atoms with Crippen molar-refractivity contribution in [1.29, 1.82) is 0 Å². The Hall–Kier alpha value is -2.32. The van der Waals surface area contributed by atoms with Crippen molar-refractivity contribution in [2.24, 2.45) is 5.41 Å². The van der Waals surface area contributed by atoms with E-state index in [2.05, 4.69) is 49.7 Å². The van der Waals surface area contributed by atoms with E-state index in [4.69, 9.17) is 4.74 Å². The number of hydrogen-bond donors (Lipinski definition) is 3. The molecule has 0 spiro atoms. The van der Waals surface area contributed by atoms with E-state index in [1.807, 2.05) is 12.1 Å². The van der Waals surface area contributed by atoms with Crippen LogP contribution < -0.4 is 16.0 Å². The lowest BCUT2D eigenvalue weighted by atomic mass is 9.90. The van der Waals surface area contributed by atoms with Crippen molar-refractivity contribution in [3.05, 3.63) is 24.8 Å². The lowest BCUT2D eigenvalue weighted by Gasteiger charge is -2.31. The fourth-order valence-corrected chi connectivity index (χ4v) is 4.18. The zero-order valence-electron chi connectivity index (χ0n) is 18.9. The van der Waals surface area contributed by atoms with Gasteiger partial charge in [-0.2, -0.15) is 0 Å². The van der Waals surface area contributed by atoms with Crippen LogP contribution in [0.4, 0.5) is 11.6 Å². The fourth-order valence-electron chi connectivity index (χ4n) is 4.18. The van der Waals surface area contributed by atoms with Gasteiger partial charge in [0.15, 0.2) is 0 Å². The Bertz CT molecular complexity index is 849. The zero-order valence-corrected chi connectivity index (χ0v) is 18.9. The van der Waals surface area contributed by atoms with Gasteiger partial charge in [-0.3, -0.25) is 0 Å². The Morgan fingerprint density at radius 1 is 0.968 bits per heavy atom. The molecular weight excluding hydrogens is 390 g/mol. The molecule has 8 heteroatoms. The topological polar surface area (TPSA) is 96.9 Å². The first kappa shape index (κ1) is 21.9. The van der Waals surface area contributed by atoms with E-state index in [0.29, 0.717) is 23.5 Å². The molecule has 1 unspecified atom stereocenters. The van der Waals surface area contributed by atoms with Gasteiger partial charge in [0.05, 0.1) is 18.0 Å². The Labute approximate surface area is 185 Å². The summed E-state index contributed by atoms with van der Waals surface area (Å²) in [5.74, 6) is 1.70. The first-order valence-corrected chi connectivity index (χ1v) is 11.4. The molecular formula is C23H35N7O. The Kier molecular flexibility index (Phi) is 6.97. The highest BCUT2D eigenvalue weighted by molar-refractivity contribution is 5.61. The first-order valence-electron chi connectivity index (χ1n) is 11.4. The lowest BCUT2D eigenvalue weighted by molar-refractivity contribution is 0.161. The molecule has 3 N–H and O–H groups in total. The molecule has 0 saturated heterocycles. The van der Waals surface area contributed by atoms with Crippen molar-refractivity contribution < 1.29 is 4.74 Å². The van der Waals surface area contributed by atoms with Gasteiger partial charge in [-0.05, 0) is 50.9 Å². The van der Waals surface area contributed by atoms with Crippen LogP contribution in [0.5, 0.6) is 0 Å². The van der Waals surface area contributed by atoms with Gasteiger partial charge < -0.3 is 20.7 Å². The van der Waals surface area contributed by atoms with E-state index in [1.54, 1.807) is 19.8 Å². The minimum atomic E-state index is 0.392. The van der Waals surface area contributed by atoms with Crippen LogP contribution in [0.2, 0.25) is 0 Å². The van der Waals surface area contributed by atoms with Crippen LogP contribution in [0.1, 0.15) is 52.4 Å². The third-order valence-electron chi connectivity index (χ3n) is 6.41.